The summed E-state index contributed by atoms with van der Waals surface area (Å²) in [5.74, 6) is -0.827. The van der Waals surface area contributed by atoms with Crippen molar-refractivity contribution in [3.05, 3.63) is 59.2 Å². The van der Waals surface area contributed by atoms with Crippen LogP contribution in [0, 0.1) is 12.7 Å². The number of hydrogen-bond acceptors (Lipinski definition) is 3. The van der Waals surface area contributed by atoms with Gasteiger partial charge in [0.1, 0.15) is 5.82 Å². The first-order valence-corrected chi connectivity index (χ1v) is 5.81. The summed E-state index contributed by atoms with van der Waals surface area (Å²) >= 11 is 0. The van der Waals surface area contributed by atoms with E-state index >= 15 is 0 Å². The molecule has 4 nitrogen and oxygen atoms in total. The Morgan fingerprint density at radius 2 is 2.16 bits per heavy atom. The molecule has 3 N–H and O–H groups in total. The SMILES string of the molecule is Cc1ccc(CNC(=O)c2ccc(F)c(N)c2)cn1. The zero-order valence-electron chi connectivity index (χ0n) is 10.5. The second kappa shape index (κ2) is 5.48. The van der Waals surface area contributed by atoms with Crippen LogP contribution in [0.3, 0.4) is 0 Å². The molecule has 0 aliphatic heterocycles. The van der Waals surface area contributed by atoms with Gasteiger partial charge in [-0.3, -0.25) is 9.78 Å². The van der Waals surface area contributed by atoms with E-state index in [0.717, 1.165) is 11.3 Å². The number of aryl methyl sites for hydroxylation is 1. The molecule has 1 aromatic heterocycles. The topological polar surface area (TPSA) is 68.0 Å². The monoisotopic (exact) mass is 259 g/mol. The molecule has 2 rings (SSSR count). The summed E-state index contributed by atoms with van der Waals surface area (Å²) in [6, 6.07) is 7.66. The normalized spacial score (nSPS) is 10.2. The molecule has 0 spiro atoms. The van der Waals surface area contributed by atoms with E-state index in [0.29, 0.717) is 12.1 Å². The van der Waals surface area contributed by atoms with Gasteiger partial charge in [0.05, 0.1) is 5.69 Å². The van der Waals surface area contributed by atoms with Gasteiger partial charge < -0.3 is 11.1 Å². The number of halogens is 1. The maximum Gasteiger partial charge on any atom is 0.251 e. The zero-order chi connectivity index (χ0) is 13.8. The largest absolute Gasteiger partial charge is 0.396 e. The fourth-order valence-corrected chi connectivity index (χ4v) is 1.57. The highest BCUT2D eigenvalue weighted by Crippen LogP contribution is 2.12. The van der Waals surface area contributed by atoms with Crippen LogP contribution in [0.1, 0.15) is 21.6 Å². The van der Waals surface area contributed by atoms with Gasteiger partial charge in [-0.2, -0.15) is 0 Å². The van der Waals surface area contributed by atoms with Gasteiger partial charge >= 0.3 is 0 Å². The van der Waals surface area contributed by atoms with Crippen LogP contribution in [-0.2, 0) is 6.54 Å². The molecule has 5 heteroatoms. The van der Waals surface area contributed by atoms with Crippen LogP contribution in [0.15, 0.2) is 36.5 Å². The molecule has 0 aliphatic rings. The van der Waals surface area contributed by atoms with Gasteiger partial charge in [0.2, 0.25) is 0 Å². The second-order valence-electron chi connectivity index (χ2n) is 4.23. The number of amides is 1. The Labute approximate surface area is 110 Å². The number of nitrogens with one attached hydrogen (secondary N) is 1. The quantitative estimate of drug-likeness (QED) is 0.829. The number of pyridine rings is 1. The minimum absolute atomic E-state index is 0.0374. The molecule has 1 heterocycles. The van der Waals surface area contributed by atoms with Crippen molar-refractivity contribution in [3.8, 4) is 0 Å². The first kappa shape index (κ1) is 13.0. The highest BCUT2D eigenvalue weighted by Gasteiger charge is 2.07. The Kier molecular flexibility index (Phi) is 3.75. The number of hydrogen-bond donors (Lipinski definition) is 2. The molecule has 0 bridgehead atoms. The van der Waals surface area contributed by atoms with E-state index in [1.165, 1.54) is 18.2 Å². The van der Waals surface area contributed by atoms with Crippen molar-refractivity contribution in [2.75, 3.05) is 5.73 Å². The number of nitrogens with zero attached hydrogens (tertiary/aromatic N) is 1. The maximum absolute atomic E-state index is 13.0. The number of aromatic nitrogens is 1. The van der Waals surface area contributed by atoms with Gasteiger partial charge in [-0.25, -0.2) is 4.39 Å². The van der Waals surface area contributed by atoms with Crippen LogP contribution in [0.4, 0.5) is 10.1 Å². The average molecular weight is 259 g/mol. The first-order chi connectivity index (χ1) is 9.06. The Hall–Kier alpha value is -2.43. The molecule has 19 heavy (non-hydrogen) atoms. The minimum atomic E-state index is -0.528. The van der Waals surface area contributed by atoms with Crippen molar-refractivity contribution >= 4 is 11.6 Å². The van der Waals surface area contributed by atoms with Gasteiger partial charge in [-0.15, -0.1) is 0 Å². The van der Waals surface area contributed by atoms with Gasteiger partial charge in [-0.05, 0) is 36.8 Å². The number of carbonyl (C=O) groups excluding carboxylic acids is 1. The molecule has 1 amide bonds. The molecular formula is C14H14FN3O. The van der Waals surface area contributed by atoms with Crippen LogP contribution in [-0.4, -0.2) is 10.9 Å². The summed E-state index contributed by atoms with van der Waals surface area (Å²) in [5.41, 5.74) is 7.53. The smallest absolute Gasteiger partial charge is 0.251 e. The predicted octanol–water partition coefficient (Wildman–Crippen LogP) is 2.04. The van der Waals surface area contributed by atoms with Crippen LogP contribution >= 0.6 is 0 Å². The van der Waals surface area contributed by atoms with Crippen molar-refractivity contribution in [1.29, 1.82) is 0 Å². The van der Waals surface area contributed by atoms with E-state index < -0.39 is 5.82 Å². The fourth-order valence-electron chi connectivity index (χ4n) is 1.57. The summed E-state index contributed by atoms with van der Waals surface area (Å²) in [6.45, 7) is 2.26. The Morgan fingerprint density at radius 1 is 1.37 bits per heavy atom. The lowest BCUT2D eigenvalue weighted by Gasteiger charge is -2.06. The Bertz CT molecular complexity index is 596. The lowest BCUT2D eigenvalue weighted by molar-refractivity contribution is 0.0951. The third-order valence-corrected chi connectivity index (χ3v) is 2.68. The van der Waals surface area contributed by atoms with Crippen LogP contribution in [0.25, 0.3) is 0 Å². The molecule has 98 valence electrons. The third-order valence-electron chi connectivity index (χ3n) is 2.68. The average Bonchev–Trinajstić information content (AvgIpc) is 2.41. The van der Waals surface area contributed by atoms with Crippen LogP contribution in [0.5, 0.6) is 0 Å². The molecular weight excluding hydrogens is 245 g/mol. The number of nitrogens with two attached hydrogens (primary N) is 1. The summed E-state index contributed by atoms with van der Waals surface area (Å²) in [6.07, 6.45) is 1.70. The van der Waals surface area contributed by atoms with E-state index in [1.54, 1.807) is 6.20 Å². The second-order valence-corrected chi connectivity index (χ2v) is 4.23. The molecule has 2 aromatic rings. The summed E-state index contributed by atoms with van der Waals surface area (Å²) in [7, 11) is 0. The molecule has 0 saturated heterocycles. The Morgan fingerprint density at radius 3 is 2.79 bits per heavy atom. The van der Waals surface area contributed by atoms with E-state index in [1.807, 2.05) is 19.1 Å². The van der Waals surface area contributed by atoms with Crippen molar-refractivity contribution in [2.45, 2.75) is 13.5 Å². The summed E-state index contributed by atoms with van der Waals surface area (Å²) < 4.78 is 13.0. The molecule has 0 fully saturated rings. The molecule has 0 aliphatic carbocycles. The van der Waals surface area contributed by atoms with Crippen molar-refractivity contribution in [2.24, 2.45) is 0 Å². The standard InChI is InChI=1S/C14H14FN3O/c1-9-2-3-10(7-17-9)8-18-14(19)11-4-5-12(15)13(16)6-11/h2-7H,8,16H2,1H3,(H,18,19). The number of carbonyl (C=O) groups is 1. The molecule has 0 radical (unpaired) electrons. The summed E-state index contributed by atoms with van der Waals surface area (Å²) in [4.78, 5) is 16.0. The predicted molar refractivity (Wildman–Crippen MR) is 71.0 cm³/mol. The van der Waals surface area contributed by atoms with Gasteiger partial charge in [0, 0.05) is 24.0 Å². The summed E-state index contributed by atoms with van der Waals surface area (Å²) in [5, 5.41) is 2.72. The van der Waals surface area contributed by atoms with Crippen molar-refractivity contribution in [3.63, 3.8) is 0 Å². The lowest BCUT2D eigenvalue weighted by atomic mass is 10.1. The number of benzene rings is 1. The number of anilines is 1. The van der Waals surface area contributed by atoms with Gasteiger partial charge in [0.25, 0.3) is 5.91 Å². The number of rotatable bonds is 3. The first-order valence-electron chi connectivity index (χ1n) is 5.81. The van der Waals surface area contributed by atoms with Crippen LogP contribution < -0.4 is 11.1 Å². The van der Waals surface area contributed by atoms with E-state index in [4.69, 9.17) is 5.73 Å². The maximum atomic E-state index is 13.0. The molecule has 1 aromatic carbocycles. The highest BCUT2D eigenvalue weighted by atomic mass is 19.1. The third kappa shape index (κ3) is 3.28. The molecule has 0 atom stereocenters. The number of nitrogen functional groups attached to an aromatic ring is 1. The van der Waals surface area contributed by atoms with Crippen molar-refractivity contribution < 1.29 is 9.18 Å². The molecule has 0 saturated carbocycles. The lowest BCUT2D eigenvalue weighted by Crippen LogP contribution is -2.23. The van der Waals surface area contributed by atoms with E-state index in [-0.39, 0.29) is 11.6 Å². The van der Waals surface area contributed by atoms with E-state index in [9.17, 15) is 9.18 Å². The highest BCUT2D eigenvalue weighted by molar-refractivity contribution is 5.94. The van der Waals surface area contributed by atoms with E-state index in [2.05, 4.69) is 10.3 Å². The molecule has 0 unspecified atom stereocenters. The van der Waals surface area contributed by atoms with Crippen molar-refractivity contribution in [1.82, 2.24) is 10.3 Å². The minimum Gasteiger partial charge on any atom is -0.396 e. The van der Waals surface area contributed by atoms with Crippen LogP contribution in [0.2, 0.25) is 0 Å². The van der Waals surface area contributed by atoms with Gasteiger partial charge in [0.15, 0.2) is 0 Å². The Balaban J connectivity index is 2.01. The fraction of sp³-hybridized carbons (Fsp3) is 0.143. The zero-order valence-corrected chi connectivity index (χ0v) is 10.5. The van der Waals surface area contributed by atoms with Gasteiger partial charge in [-0.1, -0.05) is 6.07 Å².